The van der Waals surface area contributed by atoms with Crippen LogP contribution in [-0.2, 0) is 4.79 Å². The first-order valence-electron chi connectivity index (χ1n) is 6.58. The van der Waals surface area contributed by atoms with Gasteiger partial charge in [0.15, 0.2) is 0 Å². The van der Waals surface area contributed by atoms with Crippen LogP contribution < -0.4 is 5.32 Å². The van der Waals surface area contributed by atoms with Gasteiger partial charge in [-0.15, -0.1) is 0 Å². The maximum absolute atomic E-state index is 11.8. The molecule has 3 heteroatoms. The third kappa shape index (κ3) is 3.20. The van der Waals surface area contributed by atoms with E-state index in [4.69, 9.17) is 0 Å². The summed E-state index contributed by atoms with van der Waals surface area (Å²) in [7, 11) is 0. The molecule has 0 aromatic carbocycles. The van der Waals surface area contributed by atoms with Gasteiger partial charge in [0.1, 0.15) is 0 Å². The maximum atomic E-state index is 11.8. The van der Waals surface area contributed by atoms with Crippen molar-refractivity contribution in [3.05, 3.63) is 23.3 Å². The Morgan fingerprint density at radius 1 is 1.61 bits per heavy atom. The molecule has 18 heavy (non-hydrogen) atoms. The molecule has 1 amide bonds. The van der Waals surface area contributed by atoms with E-state index in [-0.39, 0.29) is 17.2 Å². The minimum absolute atomic E-state index is 0.0291. The summed E-state index contributed by atoms with van der Waals surface area (Å²) in [6.45, 7) is 1.97. The van der Waals surface area contributed by atoms with Crippen LogP contribution in [0.4, 0.5) is 0 Å². The van der Waals surface area contributed by atoms with E-state index in [1.807, 2.05) is 6.92 Å². The van der Waals surface area contributed by atoms with Gasteiger partial charge < -0.3 is 5.32 Å². The van der Waals surface area contributed by atoms with Gasteiger partial charge in [0, 0.05) is 18.0 Å². The van der Waals surface area contributed by atoms with Gasteiger partial charge in [-0.1, -0.05) is 30.4 Å². The van der Waals surface area contributed by atoms with Crippen molar-refractivity contribution in [2.75, 3.05) is 0 Å². The Bertz CT molecular complexity index is 453. The van der Waals surface area contributed by atoms with Crippen molar-refractivity contribution < 1.29 is 4.79 Å². The second-order valence-electron chi connectivity index (χ2n) is 4.76. The van der Waals surface area contributed by atoms with Gasteiger partial charge in [0.25, 0.3) is 0 Å². The number of amides is 1. The molecule has 0 aliphatic heterocycles. The van der Waals surface area contributed by atoms with Gasteiger partial charge in [-0.05, 0) is 31.8 Å². The fraction of sp³-hybridized carbons (Fsp3) is 0.533. The van der Waals surface area contributed by atoms with Crippen LogP contribution in [-0.4, -0.2) is 17.2 Å². The first-order valence-corrected chi connectivity index (χ1v) is 7.10. The monoisotopic (exact) mass is 261 g/mol. The van der Waals surface area contributed by atoms with Crippen molar-refractivity contribution in [3.63, 3.8) is 0 Å². The lowest BCUT2D eigenvalue weighted by molar-refractivity contribution is -0.121. The fourth-order valence-electron chi connectivity index (χ4n) is 2.24. The lowest BCUT2D eigenvalue weighted by atomic mass is 9.96. The van der Waals surface area contributed by atoms with Gasteiger partial charge in [0.2, 0.25) is 5.91 Å². The van der Waals surface area contributed by atoms with Crippen LogP contribution in [0.15, 0.2) is 23.3 Å². The van der Waals surface area contributed by atoms with Gasteiger partial charge in [-0.2, -0.15) is 12.6 Å². The summed E-state index contributed by atoms with van der Waals surface area (Å²) in [5.74, 6) is 6.35. The topological polar surface area (TPSA) is 29.1 Å². The lowest BCUT2D eigenvalue weighted by Crippen LogP contribution is -2.38. The Morgan fingerprint density at radius 3 is 3.22 bits per heavy atom. The zero-order valence-electron chi connectivity index (χ0n) is 10.7. The summed E-state index contributed by atoms with van der Waals surface area (Å²) < 4.78 is 0. The molecule has 0 aromatic rings. The van der Waals surface area contributed by atoms with E-state index < -0.39 is 0 Å². The number of carbonyl (C=O) groups excluding carboxylic acids is 1. The van der Waals surface area contributed by atoms with Crippen LogP contribution in [0.3, 0.4) is 0 Å². The average Bonchev–Trinajstić information content (AvgIpc) is 2.61. The number of rotatable bonds is 3. The molecule has 2 atom stereocenters. The molecule has 1 N–H and O–H groups in total. The van der Waals surface area contributed by atoms with Crippen LogP contribution >= 0.6 is 12.6 Å². The number of hydrogen-bond donors (Lipinski definition) is 2. The molecule has 0 radical (unpaired) electrons. The van der Waals surface area contributed by atoms with E-state index in [0.29, 0.717) is 0 Å². The highest BCUT2D eigenvalue weighted by Gasteiger charge is 2.18. The predicted molar refractivity (Wildman–Crippen MR) is 77.4 cm³/mol. The minimum Gasteiger partial charge on any atom is -0.349 e. The third-order valence-electron chi connectivity index (χ3n) is 3.43. The molecule has 2 unspecified atom stereocenters. The van der Waals surface area contributed by atoms with Crippen molar-refractivity contribution in [3.8, 4) is 11.8 Å². The highest BCUT2D eigenvalue weighted by Crippen LogP contribution is 2.25. The minimum atomic E-state index is -0.205. The molecule has 2 rings (SSSR count). The Labute approximate surface area is 114 Å². The van der Waals surface area contributed by atoms with Gasteiger partial charge in [-0.25, -0.2) is 0 Å². The van der Waals surface area contributed by atoms with E-state index in [1.165, 1.54) is 5.57 Å². The summed E-state index contributed by atoms with van der Waals surface area (Å²) in [4.78, 5) is 11.8. The Morgan fingerprint density at radius 2 is 2.44 bits per heavy atom. The molecular weight excluding hydrogens is 242 g/mol. The molecule has 0 spiro atoms. The average molecular weight is 261 g/mol. The third-order valence-corrected chi connectivity index (χ3v) is 4.02. The summed E-state index contributed by atoms with van der Waals surface area (Å²) in [5.41, 5.74) is 2.61. The van der Waals surface area contributed by atoms with Crippen LogP contribution in [0.5, 0.6) is 0 Å². The molecule has 96 valence electrons. The summed E-state index contributed by atoms with van der Waals surface area (Å²) in [6.07, 6.45) is 8.94. The Balaban J connectivity index is 1.97. The molecule has 0 heterocycles. The molecule has 2 aliphatic rings. The molecule has 0 fully saturated rings. The fourth-order valence-corrected chi connectivity index (χ4v) is 2.31. The van der Waals surface area contributed by atoms with Crippen molar-refractivity contribution in [1.29, 1.82) is 0 Å². The van der Waals surface area contributed by atoms with Crippen molar-refractivity contribution in [2.45, 2.75) is 50.3 Å². The molecule has 2 nitrogen and oxygen atoms in total. The first-order chi connectivity index (χ1) is 8.70. The van der Waals surface area contributed by atoms with Crippen LogP contribution in [0.1, 0.15) is 39.0 Å². The predicted octanol–water partition coefficient (Wildman–Crippen LogP) is 2.62. The molecule has 0 bridgehead atoms. The first kappa shape index (κ1) is 13.3. The second kappa shape index (κ2) is 6.15. The van der Waals surface area contributed by atoms with Gasteiger partial charge >= 0.3 is 0 Å². The quantitative estimate of drug-likeness (QED) is 0.593. The number of allylic oxidation sites excluding steroid dienone is 3. The standard InChI is InChI=1S/C15H19NOS/c1-2-14(18)15(17)16-13-9-7-11-5-3-4-6-12(11)8-10-13/h8,10,13-14,18H,2-3,5,7,9H2,1H3,(H,16,17). The number of carbonyl (C=O) groups is 1. The highest BCUT2D eigenvalue weighted by molar-refractivity contribution is 7.81. The highest BCUT2D eigenvalue weighted by atomic mass is 32.1. The molecule has 0 saturated heterocycles. The maximum Gasteiger partial charge on any atom is 0.233 e. The lowest BCUT2D eigenvalue weighted by Gasteiger charge is -2.16. The van der Waals surface area contributed by atoms with Crippen LogP contribution in [0.25, 0.3) is 0 Å². The molecule has 0 aromatic heterocycles. The molecule has 0 saturated carbocycles. The molecule has 2 aliphatic carbocycles. The van der Waals surface area contributed by atoms with E-state index >= 15 is 0 Å². The molecular formula is C15H19NOS. The van der Waals surface area contributed by atoms with Crippen LogP contribution in [0.2, 0.25) is 0 Å². The zero-order chi connectivity index (χ0) is 13.0. The van der Waals surface area contributed by atoms with E-state index in [9.17, 15) is 4.79 Å². The zero-order valence-corrected chi connectivity index (χ0v) is 11.6. The van der Waals surface area contributed by atoms with E-state index in [1.54, 1.807) is 0 Å². The normalized spacial score (nSPS) is 23.6. The smallest absolute Gasteiger partial charge is 0.233 e. The van der Waals surface area contributed by atoms with E-state index in [2.05, 4.69) is 41.9 Å². The summed E-state index contributed by atoms with van der Waals surface area (Å²) in [6, 6.07) is 0.117. The van der Waals surface area contributed by atoms with Gasteiger partial charge in [0.05, 0.1) is 5.25 Å². The van der Waals surface area contributed by atoms with E-state index in [0.717, 1.165) is 37.7 Å². The summed E-state index contributed by atoms with van der Waals surface area (Å²) >= 11 is 4.26. The number of thiol groups is 1. The SMILES string of the molecule is CCC(S)C(=O)NC1C=CC2=C(CCC#C2)CC1. The van der Waals surface area contributed by atoms with Crippen molar-refractivity contribution in [2.24, 2.45) is 0 Å². The Hall–Kier alpha value is -1.14. The number of hydrogen-bond acceptors (Lipinski definition) is 2. The van der Waals surface area contributed by atoms with Crippen molar-refractivity contribution in [1.82, 2.24) is 5.32 Å². The van der Waals surface area contributed by atoms with Crippen molar-refractivity contribution >= 4 is 18.5 Å². The number of nitrogens with one attached hydrogen (secondary N) is 1. The second-order valence-corrected chi connectivity index (χ2v) is 5.38. The summed E-state index contributed by atoms with van der Waals surface area (Å²) in [5, 5.41) is 2.84. The van der Waals surface area contributed by atoms with Crippen LogP contribution in [0, 0.1) is 11.8 Å². The Kier molecular flexibility index (Phi) is 4.54. The van der Waals surface area contributed by atoms with Gasteiger partial charge in [-0.3, -0.25) is 4.79 Å². The largest absolute Gasteiger partial charge is 0.349 e.